The Bertz CT molecular complexity index is 555. The number of nitrogens with zero attached hydrogens (tertiary/aromatic N) is 2. The van der Waals surface area contributed by atoms with Crippen molar-refractivity contribution >= 4 is 11.6 Å². The van der Waals surface area contributed by atoms with Gasteiger partial charge in [-0.05, 0) is 24.1 Å². The molecule has 1 fully saturated rings. The van der Waals surface area contributed by atoms with Crippen LogP contribution >= 0.6 is 11.6 Å². The Balaban J connectivity index is 1.69. The third kappa shape index (κ3) is 2.94. The molecule has 1 aromatic carbocycles. The summed E-state index contributed by atoms with van der Waals surface area (Å²) in [7, 11) is 0. The lowest BCUT2D eigenvalue weighted by molar-refractivity contribution is 0.191. The number of aliphatic hydroxyl groups is 1. The fourth-order valence-electron chi connectivity index (χ4n) is 2.17. The lowest BCUT2D eigenvalue weighted by Gasteiger charge is -2.01. The fraction of sp³-hybridized carbons (Fsp3) is 0.385. The molecule has 5 nitrogen and oxygen atoms in total. The van der Waals surface area contributed by atoms with Gasteiger partial charge in [-0.1, -0.05) is 28.9 Å². The molecule has 0 unspecified atom stereocenters. The van der Waals surface area contributed by atoms with E-state index in [2.05, 4.69) is 15.5 Å². The molecule has 1 aliphatic rings. The summed E-state index contributed by atoms with van der Waals surface area (Å²) in [6, 6.07) is 7.52. The van der Waals surface area contributed by atoms with Gasteiger partial charge in [0.15, 0.2) is 5.82 Å². The molecule has 0 spiro atoms. The van der Waals surface area contributed by atoms with Gasteiger partial charge in [-0.15, -0.1) is 0 Å². The first-order chi connectivity index (χ1) is 9.20. The number of aromatic nitrogens is 2. The maximum absolute atomic E-state index is 9.46. The zero-order valence-electron chi connectivity index (χ0n) is 10.2. The van der Waals surface area contributed by atoms with Crippen LogP contribution in [0.4, 0.5) is 0 Å². The first-order valence-corrected chi connectivity index (χ1v) is 6.57. The molecule has 0 saturated carbocycles. The average molecular weight is 280 g/mol. The Labute approximate surface area is 115 Å². The normalized spacial score (nSPS) is 22.8. The number of hydrogen-bond donors (Lipinski definition) is 2. The van der Waals surface area contributed by atoms with Crippen molar-refractivity contribution in [1.82, 2.24) is 15.5 Å². The van der Waals surface area contributed by atoms with Crippen molar-refractivity contribution in [3.63, 3.8) is 0 Å². The Morgan fingerprint density at radius 1 is 1.37 bits per heavy atom. The minimum Gasteiger partial charge on any atom is -0.392 e. The molecule has 2 heterocycles. The van der Waals surface area contributed by atoms with E-state index in [0.29, 0.717) is 36.1 Å². The van der Waals surface area contributed by atoms with Gasteiger partial charge in [-0.3, -0.25) is 0 Å². The SMILES string of the molecule is O[C@H]1CN[C@H](c2nc(Cc3ccc(Cl)cc3)no2)C1. The Morgan fingerprint density at radius 2 is 2.16 bits per heavy atom. The number of nitrogens with one attached hydrogen (secondary N) is 1. The summed E-state index contributed by atoms with van der Waals surface area (Å²) in [4.78, 5) is 4.36. The number of halogens is 1. The largest absolute Gasteiger partial charge is 0.392 e. The van der Waals surface area contributed by atoms with Gasteiger partial charge in [0.05, 0.1) is 12.1 Å². The topological polar surface area (TPSA) is 71.2 Å². The van der Waals surface area contributed by atoms with Gasteiger partial charge in [0.1, 0.15) is 0 Å². The number of rotatable bonds is 3. The molecule has 2 N–H and O–H groups in total. The van der Waals surface area contributed by atoms with E-state index in [1.807, 2.05) is 24.3 Å². The van der Waals surface area contributed by atoms with Gasteiger partial charge in [0.2, 0.25) is 5.89 Å². The van der Waals surface area contributed by atoms with Gasteiger partial charge >= 0.3 is 0 Å². The first kappa shape index (κ1) is 12.6. The summed E-state index contributed by atoms with van der Waals surface area (Å²) < 4.78 is 5.23. The van der Waals surface area contributed by atoms with E-state index in [1.54, 1.807) is 0 Å². The lowest BCUT2D eigenvalue weighted by Crippen LogP contribution is -2.15. The number of benzene rings is 1. The monoisotopic (exact) mass is 279 g/mol. The van der Waals surface area contributed by atoms with Crippen LogP contribution in [-0.2, 0) is 6.42 Å². The molecule has 0 bridgehead atoms. The molecule has 2 aromatic rings. The zero-order valence-corrected chi connectivity index (χ0v) is 11.0. The summed E-state index contributed by atoms with van der Waals surface area (Å²) in [6.07, 6.45) is 0.884. The van der Waals surface area contributed by atoms with Crippen LogP contribution in [0.15, 0.2) is 28.8 Å². The van der Waals surface area contributed by atoms with Crippen molar-refractivity contribution in [3.8, 4) is 0 Å². The van der Waals surface area contributed by atoms with E-state index in [-0.39, 0.29) is 12.1 Å². The molecule has 0 aliphatic carbocycles. The lowest BCUT2D eigenvalue weighted by atomic mass is 10.1. The molecule has 0 amide bonds. The van der Waals surface area contributed by atoms with E-state index in [9.17, 15) is 5.11 Å². The second-order valence-corrected chi connectivity index (χ2v) is 5.14. The quantitative estimate of drug-likeness (QED) is 0.895. The Kier molecular flexibility index (Phi) is 3.50. The minimum absolute atomic E-state index is 0.0403. The number of aliphatic hydroxyl groups excluding tert-OH is 1. The summed E-state index contributed by atoms with van der Waals surface area (Å²) in [6.45, 7) is 0.569. The molecule has 2 atom stereocenters. The summed E-state index contributed by atoms with van der Waals surface area (Å²) in [5.74, 6) is 1.18. The third-order valence-corrected chi connectivity index (χ3v) is 3.42. The molecule has 1 aromatic heterocycles. The van der Waals surface area contributed by atoms with Gasteiger partial charge in [-0.25, -0.2) is 0 Å². The Morgan fingerprint density at radius 3 is 2.84 bits per heavy atom. The number of β-amino-alcohol motifs (C(OH)–C–C–N with tert-alkyl or cyclic N) is 1. The van der Waals surface area contributed by atoms with E-state index < -0.39 is 0 Å². The van der Waals surface area contributed by atoms with Crippen LogP contribution < -0.4 is 5.32 Å². The molecule has 1 aliphatic heterocycles. The van der Waals surface area contributed by atoms with Gasteiger partial charge in [0.25, 0.3) is 0 Å². The second-order valence-electron chi connectivity index (χ2n) is 4.70. The van der Waals surface area contributed by atoms with E-state index in [1.165, 1.54) is 0 Å². The molecule has 19 heavy (non-hydrogen) atoms. The minimum atomic E-state index is -0.336. The van der Waals surface area contributed by atoms with Gasteiger partial charge in [0, 0.05) is 18.0 Å². The van der Waals surface area contributed by atoms with Crippen LogP contribution in [0, 0.1) is 0 Å². The number of hydrogen-bond acceptors (Lipinski definition) is 5. The van der Waals surface area contributed by atoms with Crippen LogP contribution in [-0.4, -0.2) is 27.9 Å². The van der Waals surface area contributed by atoms with Gasteiger partial charge < -0.3 is 14.9 Å². The van der Waals surface area contributed by atoms with E-state index in [0.717, 1.165) is 5.56 Å². The van der Waals surface area contributed by atoms with E-state index in [4.69, 9.17) is 16.1 Å². The van der Waals surface area contributed by atoms with Crippen molar-refractivity contribution < 1.29 is 9.63 Å². The van der Waals surface area contributed by atoms with Crippen molar-refractivity contribution in [1.29, 1.82) is 0 Å². The van der Waals surface area contributed by atoms with Crippen molar-refractivity contribution in [3.05, 3.63) is 46.6 Å². The van der Waals surface area contributed by atoms with Crippen LogP contribution in [0.5, 0.6) is 0 Å². The van der Waals surface area contributed by atoms with Gasteiger partial charge in [-0.2, -0.15) is 4.98 Å². The molecule has 6 heteroatoms. The standard InChI is InChI=1S/C13H14ClN3O2/c14-9-3-1-8(2-4-9)5-12-16-13(19-17-12)11-6-10(18)7-15-11/h1-4,10-11,15,18H,5-7H2/t10-,11+/m1/s1. The highest BCUT2D eigenvalue weighted by molar-refractivity contribution is 6.30. The highest BCUT2D eigenvalue weighted by atomic mass is 35.5. The molecule has 0 radical (unpaired) electrons. The zero-order chi connectivity index (χ0) is 13.2. The fourth-order valence-corrected chi connectivity index (χ4v) is 2.30. The molecular weight excluding hydrogens is 266 g/mol. The van der Waals surface area contributed by atoms with Crippen molar-refractivity contribution in [2.75, 3.05) is 6.54 Å². The van der Waals surface area contributed by atoms with Crippen molar-refractivity contribution in [2.24, 2.45) is 0 Å². The third-order valence-electron chi connectivity index (χ3n) is 3.17. The average Bonchev–Trinajstić information content (AvgIpc) is 3.01. The summed E-state index contributed by atoms with van der Waals surface area (Å²) >= 11 is 5.84. The summed E-state index contributed by atoms with van der Waals surface area (Å²) in [5, 5.41) is 17.3. The molecule has 3 rings (SSSR count). The van der Waals surface area contributed by atoms with Crippen LogP contribution in [0.25, 0.3) is 0 Å². The maximum Gasteiger partial charge on any atom is 0.243 e. The Hall–Kier alpha value is -1.43. The molecular formula is C13H14ClN3O2. The highest BCUT2D eigenvalue weighted by Gasteiger charge is 2.27. The smallest absolute Gasteiger partial charge is 0.243 e. The second kappa shape index (κ2) is 5.28. The predicted molar refractivity (Wildman–Crippen MR) is 69.9 cm³/mol. The maximum atomic E-state index is 9.46. The van der Waals surface area contributed by atoms with Crippen LogP contribution in [0.3, 0.4) is 0 Å². The molecule has 1 saturated heterocycles. The van der Waals surface area contributed by atoms with E-state index >= 15 is 0 Å². The van der Waals surface area contributed by atoms with Crippen LogP contribution in [0.1, 0.15) is 29.7 Å². The summed E-state index contributed by atoms with van der Waals surface area (Å²) in [5.41, 5.74) is 1.08. The first-order valence-electron chi connectivity index (χ1n) is 6.19. The predicted octanol–water partition coefficient (Wildman–Crippen LogP) is 1.71. The molecule has 100 valence electrons. The highest BCUT2D eigenvalue weighted by Crippen LogP contribution is 2.22. The van der Waals surface area contributed by atoms with Crippen LogP contribution in [0.2, 0.25) is 5.02 Å². The van der Waals surface area contributed by atoms with Crippen molar-refractivity contribution in [2.45, 2.75) is 25.0 Å².